The Morgan fingerprint density at radius 1 is 0.684 bits per heavy atom. The monoisotopic (exact) mass is 526 g/mol. The van der Waals surface area contributed by atoms with Gasteiger partial charge in [0.25, 0.3) is 0 Å². The molecule has 0 amide bonds. The van der Waals surface area contributed by atoms with Crippen LogP contribution in [0.1, 0.15) is 78.4 Å². The molecule has 0 bridgehead atoms. The Kier molecular flexibility index (Phi) is 25.3. The predicted octanol–water partition coefficient (Wildman–Crippen LogP) is 8.47. The fourth-order valence-corrected chi connectivity index (χ4v) is 2.11. The minimum absolute atomic E-state index is 0.255. The molecule has 2 aromatic rings. The smallest absolute Gasteiger partial charge is 0.136 e. The molecule has 0 aliphatic rings. The van der Waals surface area contributed by atoms with E-state index in [0.29, 0.717) is 38.9 Å². The first-order valence-electron chi connectivity index (χ1n) is 12.7. The number of hydrogen-bond donors (Lipinski definition) is 0. The van der Waals surface area contributed by atoms with Gasteiger partial charge in [0.2, 0.25) is 0 Å². The van der Waals surface area contributed by atoms with Crippen LogP contribution in [0.5, 0.6) is 0 Å². The van der Waals surface area contributed by atoms with E-state index in [4.69, 9.17) is 20.5 Å². The summed E-state index contributed by atoms with van der Waals surface area (Å²) in [7, 11) is 0. The summed E-state index contributed by atoms with van der Waals surface area (Å²) in [6, 6.07) is 19.6. The van der Waals surface area contributed by atoms with Crippen molar-refractivity contribution in [3.05, 3.63) is 92.7 Å². The molecule has 2 aromatic carbocycles. The number of carbonyl (C=O) groups is 2. The topological polar surface area (TPSA) is 150 Å². The Balaban J connectivity index is 0. The quantitative estimate of drug-likeness (QED) is 0.155. The largest absolute Gasteiger partial charge is 0.368 e. The molecule has 2 rings (SSSR count). The first-order chi connectivity index (χ1) is 18.3. The fraction of sp³-hybridized carbons (Fsp3) is 0.500. The molecule has 0 spiro atoms. The number of ketones is 2. The maximum absolute atomic E-state index is 9.81. The molecule has 10 heteroatoms. The van der Waals surface area contributed by atoms with Crippen LogP contribution < -0.4 is 0 Å². The molecule has 2 atom stereocenters. The van der Waals surface area contributed by atoms with Crippen molar-refractivity contribution in [2.75, 3.05) is 0 Å². The van der Waals surface area contributed by atoms with Crippen molar-refractivity contribution < 1.29 is 19.1 Å². The van der Waals surface area contributed by atoms with Crippen molar-refractivity contribution in [2.45, 2.75) is 92.9 Å². The normalized spacial score (nSPS) is 10.7. The molecule has 0 N–H and O–H groups in total. The number of ether oxygens (including phenoxy) is 2. The summed E-state index contributed by atoms with van der Waals surface area (Å²) < 4.78 is 10.8. The number of nitrogens with zero attached hydrogens (tertiary/aromatic N) is 6. The van der Waals surface area contributed by atoms with E-state index in [2.05, 4.69) is 20.1 Å². The summed E-state index contributed by atoms with van der Waals surface area (Å²) in [6.07, 6.45) is 1.99. The number of benzene rings is 2. The molecule has 2 unspecified atom stereocenters. The third-order valence-electron chi connectivity index (χ3n) is 4.63. The van der Waals surface area contributed by atoms with E-state index in [-0.39, 0.29) is 24.0 Å². The number of rotatable bonds is 12. The van der Waals surface area contributed by atoms with Crippen LogP contribution in [-0.4, -0.2) is 24.0 Å². The van der Waals surface area contributed by atoms with Crippen LogP contribution >= 0.6 is 0 Å². The average molecular weight is 527 g/mol. The fourth-order valence-electron chi connectivity index (χ4n) is 2.11. The summed E-state index contributed by atoms with van der Waals surface area (Å²) in [4.78, 5) is 25.1. The summed E-state index contributed by atoms with van der Waals surface area (Å²) in [6.45, 7) is 11.7. The molecule has 0 aromatic heterocycles. The van der Waals surface area contributed by atoms with Gasteiger partial charge < -0.3 is 19.1 Å². The van der Waals surface area contributed by atoms with Crippen molar-refractivity contribution in [1.29, 1.82) is 0 Å². The van der Waals surface area contributed by atoms with Crippen LogP contribution in [0.4, 0.5) is 0 Å². The van der Waals surface area contributed by atoms with E-state index in [9.17, 15) is 9.59 Å². The standard InChI is InChI=1S/2C10H13N3O.2C4H8O/c2*1-2-10(12-13-11)14-8-9-6-4-3-5-7-9;2*1-3-4(2)5/h2*3-7,10H,2,8H2,1H3;2*3H2,1-2H3. The lowest BCUT2D eigenvalue weighted by atomic mass is 10.2. The lowest BCUT2D eigenvalue weighted by Gasteiger charge is -2.09. The second-order valence-electron chi connectivity index (χ2n) is 7.84. The summed E-state index contributed by atoms with van der Waals surface area (Å²) in [5, 5.41) is 7.03. The Morgan fingerprint density at radius 3 is 1.18 bits per heavy atom. The van der Waals surface area contributed by atoms with Gasteiger partial charge in [0.15, 0.2) is 0 Å². The molecule has 0 saturated heterocycles. The third kappa shape index (κ3) is 24.0. The number of azide groups is 2. The SMILES string of the molecule is CCC(C)=O.CCC(C)=O.CCC(N=[N+]=[N-])OCc1ccccc1.CCC(N=[N+]=[N-])OCc1ccccc1. The molecular formula is C28H42N6O4. The Labute approximate surface area is 226 Å². The zero-order valence-corrected chi connectivity index (χ0v) is 23.5. The first-order valence-corrected chi connectivity index (χ1v) is 12.7. The van der Waals surface area contributed by atoms with Gasteiger partial charge in [-0.15, -0.1) is 0 Å². The number of carbonyl (C=O) groups excluding carboxylic acids is 2. The minimum Gasteiger partial charge on any atom is -0.368 e. The van der Waals surface area contributed by atoms with Gasteiger partial charge in [-0.05, 0) is 48.9 Å². The van der Waals surface area contributed by atoms with Crippen molar-refractivity contribution >= 4 is 11.6 Å². The lowest BCUT2D eigenvalue weighted by Crippen LogP contribution is -2.07. The van der Waals surface area contributed by atoms with Crippen LogP contribution in [-0.2, 0) is 32.3 Å². The molecule has 38 heavy (non-hydrogen) atoms. The van der Waals surface area contributed by atoms with Crippen molar-refractivity contribution in [1.82, 2.24) is 0 Å². The van der Waals surface area contributed by atoms with Crippen LogP contribution in [0.2, 0.25) is 0 Å². The van der Waals surface area contributed by atoms with E-state index in [1.54, 1.807) is 13.8 Å². The van der Waals surface area contributed by atoms with Gasteiger partial charge in [0.1, 0.15) is 24.0 Å². The highest BCUT2D eigenvalue weighted by molar-refractivity contribution is 5.75. The highest BCUT2D eigenvalue weighted by atomic mass is 16.5. The number of Topliss-reactive ketones (excluding diaryl/α,β-unsaturated/α-hetero) is 2. The van der Waals surface area contributed by atoms with Crippen LogP contribution in [0, 0.1) is 0 Å². The average Bonchev–Trinajstić information content (AvgIpc) is 2.95. The van der Waals surface area contributed by atoms with Crippen molar-refractivity contribution in [3.8, 4) is 0 Å². The van der Waals surface area contributed by atoms with Crippen LogP contribution in [0.25, 0.3) is 20.9 Å². The summed E-state index contributed by atoms with van der Waals surface area (Å²) in [5.41, 5.74) is 18.7. The minimum atomic E-state index is -0.361. The predicted molar refractivity (Wildman–Crippen MR) is 151 cm³/mol. The van der Waals surface area contributed by atoms with Gasteiger partial charge in [0, 0.05) is 22.7 Å². The summed E-state index contributed by atoms with van der Waals surface area (Å²) in [5.74, 6) is 0.509. The highest BCUT2D eigenvalue weighted by Crippen LogP contribution is 2.07. The molecule has 0 heterocycles. The molecule has 0 aliphatic heterocycles. The molecule has 0 fully saturated rings. The second kappa shape index (κ2) is 26.4. The zero-order valence-electron chi connectivity index (χ0n) is 23.5. The molecule has 0 saturated carbocycles. The Hall–Kier alpha value is -3.68. The maximum atomic E-state index is 9.81. The van der Waals surface area contributed by atoms with Gasteiger partial charge in [-0.1, -0.05) is 98.6 Å². The maximum Gasteiger partial charge on any atom is 0.136 e. The number of hydrogen-bond acceptors (Lipinski definition) is 6. The molecule has 0 radical (unpaired) electrons. The van der Waals surface area contributed by atoms with E-state index >= 15 is 0 Å². The van der Waals surface area contributed by atoms with Gasteiger partial charge in [-0.3, -0.25) is 0 Å². The van der Waals surface area contributed by atoms with E-state index < -0.39 is 0 Å². The zero-order chi connectivity index (χ0) is 29.0. The molecular weight excluding hydrogens is 484 g/mol. The summed E-state index contributed by atoms with van der Waals surface area (Å²) >= 11 is 0. The van der Waals surface area contributed by atoms with E-state index in [1.165, 1.54) is 0 Å². The lowest BCUT2D eigenvalue weighted by molar-refractivity contribution is -0.117. The van der Waals surface area contributed by atoms with E-state index in [1.807, 2.05) is 88.4 Å². The Morgan fingerprint density at radius 2 is 0.974 bits per heavy atom. The second-order valence-corrected chi connectivity index (χ2v) is 7.84. The molecule has 208 valence electrons. The van der Waals surface area contributed by atoms with Gasteiger partial charge in [-0.25, -0.2) is 0 Å². The van der Waals surface area contributed by atoms with E-state index in [0.717, 1.165) is 11.1 Å². The van der Waals surface area contributed by atoms with Crippen LogP contribution in [0.3, 0.4) is 0 Å². The van der Waals surface area contributed by atoms with Crippen molar-refractivity contribution in [3.63, 3.8) is 0 Å². The van der Waals surface area contributed by atoms with Crippen LogP contribution in [0.15, 0.2) is 70.9 Å². The first kappa shape index (κ1) is 36.5. The van der Waals surface area contributed by atoms with Crippen molar-refractivity contribution in [2.24, 2.45) is 10.2 Å². The Bertz CT molecular complexity index is 880. The highest BCUT2D eigenvalue weighted by Gasteiger charge is 2.03. The van der Waals surface area contributed by atoms with Gasteiger partial charge in [-0.2, -0.15) is 0 Å². The molecule has 10 nitrogen and oxygen atoms in total. The third-order valence-corrected chi connectivity index (χ3v) is 4.63. The van der Waals surface area contributed by atoms with Gasteiger partial charge in [0.05, 0.1) is 13.2 Å². The molecule has 0 aliphatic carbocycles. The van der Waals surface area contributed by atoms with Gasteiger partial charge >= 0.3 is 0 Å².